The molecular weight excluding hydrogens is 711 g/mol. The number of para-hydroxylation sites is 4. The third kappa shape index (κ3) is 4.05. The first-order chi connectivity index (χ1) is 28.7. The number of benzene rings is 9. The van der Waals surface area contributed by atoms with Crippen LogP contribution in [-0.4, -0.2) is 12.3 Å². The number of rotatable bonds is 2. The van der Waals surface area contributed by atoms with Crippen molar-refractivity contribution in [3.63, 3.8) is 0 Å². The predicted molar refractivity (Wildman–Crippen MR) is 242 cm³/mol. The molecule has 0 radical (unpaired) electrons. The number of hydrogen-bond acceptors (Lipinski definition) is 4. The smallest absolute Gasteiger partial charge is 0.198 e. The average molecular weight is 741 g/mol. The van der Waals surface area contributed by atoms with E-state index in [0.29, 0.717) is 7.28 Å². The molecule has 0 bridgehead atoms. The van der Waals surface area contributed by atoms with E-state index in [1.807, 2.05) is 18.2 Å². The van der Waals surface area contributed by atoms with Crippen LogP contribution in [0.25, 0.3) is 110 Å². The molecule has 0 aliphatic carbocycles. The lowest BCUT2D eigenvalue weighted by atomic mass is 9.58. The summed E-state index contributed by atoms with van der Waals surface area (Å²) < 4.78 is 19.9. The van der Waals surface area contributed by atoms with Crippen LogP contribution in [0.2, 0.25) is 0 Å². The van der Waals surface area contributed by atoms with Gasteiger partial charge in [-0.1, -0.05) is 103 Å². The first kappa shape index (κ1) is 30.5. The van der Waals surface area contributed by atoms with Crippen LogP contribution in [0.1, 0.15) is 0 Å². The fourth-order valence-electron chi connectivity index (χ4n) is 9.96. The standard InChI is InChI=1S/C52H29BN2O3/c1-2-11-29-23-42-36(22-28(29)10-1)34-15-9-16-35(50(34)54-42)39-25-40-33-14-5-8-19-46(33)58-52(40)51-49(39)53-41-27-48-38(32-13-4-7-18-45(32)57-48)26-43(41)55(51)30-20-21-47-37(24-30)31-12-3-6-17-44(31)56-47/h1-27,53-54H. The van der Waals surface area contributed by atoms with Gasteiger partial charge in [0.15, 0.2) is 12.9 Å². The number of fused-ring (bicyclic) bond motifs is 16. The number of H-pyrrole nitrogens is 1. The highest BCUT2D eigenvalue weighted by atomic mass is 16.3. The van der Waals surface area contributed by atoms with Crippen molar-refractivity contribution in [3.05, 3.63) is 164 Å². The van der Waals surface area contributed by atoms with E-state index in [-0.39, 0.29) is 0 Å². The number of furan rings is 3. The normalized spacial score (nSPS) is 12.9. The molecule has 0 saturated heterocycles. The van der Waals surface area contributed by atoms with E-state index in [0.717, 1.165) is 99.5 Å². The molecule has 0 saturated carbocycles. The van der Waals surface area contributed by atoms with Gasteiger partial charge in [0.05, 0.1) is 11.2 Å². The Morgan fingerprint density at radius 2 is 1.07 bits per heavy atom. The van der Waals surface area contributed by atoms with Crippen LogP contribution < -0.4 is 15.8 Å². The Morgan fingerprint density at radius 1 is 0.431 bits per heavy atom. The number of aromatic amines is 1. The summed E-state index contributed by atoms with van der Waals surface area (Å²) in [6.07, 6.45) is 0. The molecular formula is C52H29BN2O3. The quantitative estimate of drug-likeness (QED) is 0.179. The van der Waals surface area contributed by atoms with Gasteiger partial charge in [-0.05, 0) is 88.5 Å². The summed E-state index contributed by atoms with van der Waals surface area (Å²) in [7, 11) is 0.688. The van der Waals surface area contributed by atoms with Crippen LogP contribution >= 0.6 is 0 Å². The van der Waals surface area contributed by atoms with Gasteiger partial charge in [0, 0.05) is 65.5 Å². The third-order valence-corrected chi connectivity index (χ3v) is 12.6. The van der Waals surface area contributed by atoms with Crippen molar-refractivity contribution >= 4 is 134 Å². The number of nitrogens with one attached hydrogen (secondary N) is 1. The number of nitrogens with zero attached hydrogens (tertiary/aromatic N) is 1. The third-order valence-electron chi connectivity index (χ3n) is 12.6. The molecule has 0 amide bonds. The Balaban J connectivity index is 1.12. The van der Waals surface area contributed by atoms with Crippen molar-refractivity contribution in [3.8, 4) is 11.1 Å². The Bertz CT molecular complexity index is 3920. The zero-order valence-electron chi connectivity index (χ0n) is 31.0. The molecule has 4 aromatic heterocycles. The molecule has 1 aliphatic rings. The van der Waals surface area contributed by atoms with Gasteiger partial charge < -0.3 is 23.1 Å². The molecule has 0 fully saturated rings. The summed E-state index contributed by atoms with van der Waals surface area (Å²) >= 11 is 0. The maximum absolute atomic E-state index is 6.99. The fourth-order valence-corrected chi connectivity index (χ4v) is 9.96. The molecule has 5 nitrogen and oxygen atoms in total. The predicted octanol–water partition coefficient (Wildman–Crippen LogP) is 13.0. The molecule has 0 unspecified atom stereocenters. The van der Waals surface area contributed by atoms with Crippen molar-refractivity contribution in [2.75, 3.05) is 4.90 Å². The summed E-state index contributed by atoms with van der Waals surface area (Å²) in [5.74, 6) is 0. The van der Waals surface area contributed by atoms with Crippen molar-refractivity contribution in [1.29, 1.82) is 0 Å². The minimum atomic E-state index is 0.688. The molecule has 1 aliphatic heterocycles. The van der Waals surface area contributed by atoms with Crippen molar-refractivity contribution in [2.45, 2.75) is 0 Å². The van der Waals surface area contributed by atoms with Gasteiger partial charge in [-0.3, -0.25) is 0 Å². The zero-order chi connectivity index (χ0) is 37.6. The van der Waals surface area contributed by atoms with Gasteiger partial charge in [0.1, 0.15) is 27.9 Å². The monoisotopic (exact) mass is 740 g/mol. The van der Waals surface area contributed by atoms with Gasteiger partial charge in [0.2, 0.25) is 0 Å². The molecule has 14 rings (SSSR count). The second kappa shape index (κ2) is 11.0. The second-order valence-corrected chi connectivity index (χ2v) is 15.7. The Morgan fingerprint density at radius 3 is 1.86 bits per heavy atom. The van der Waals surface area contributed by atoms with Gasteiger partial charge >= 0.3 is 0 Å². The molecule has 58 heavy (non-hydrogen) atoms. The van der Waals surface area contributed by atoms with E-state index in [2.05, 4.69) is 155 Å². The molecule has 0 spiro atoms. The van der Waals surface area contributed by atoms with Crippen molar-refractivity contribution in [1.82, 2.24) is 4.98 Å². The largest absolute Gasteiger partial charge is 0.456 e. The maximum atomic E-state index is 6.99. The molecule has 0 atom stereocenters. The van der Waals surface area contributed by atoms with Crippen molar-refractivity contribution < 1.29 is 13.3 Å². The number of hydrogen-bond donors (Lipinski definition) is 1. The van der Waals surface area contributed by atoms with Crippen LogP contribution in [0, 0.1) is 0 Å². The van der Waals surface area contributed by atoms with Crippen LogP contribution in [0.4, 0.5) is 17.1 Å². The lowest BCUT2D eigenvalue weighted by molar-refractivity contribution is 0.669. The molecule has 5 heterocycles. The van der Waals surface area contributed by atoms with E-state index >= 15 is 0 Å². The Kier molecular flexibility index (Phi) is 5.78. The topological polar surface area (TPSA) is 58.5 Å². The highest BCUT2D eigenvalue weighted by Gasteiger charge is 2.33. The van der Waals surface area contributed by atoms with E-state index in [1.165, 1.54) is 38.0 Å². The van der Waals surface area contributed by atoms with E-state index in [4.69, 9.17) is 13.3 Å². The highest BCUT2D eigenvalue weighted by Crippen LogP contribution is 2.48. The second-order valence-electron chi connectivity index (χ2n) is 15.7. The fraction of sp³-hybridized carbons (Fsp3) is 0. The summed E-state index contributed by atoms with van der Waals surface area (Å²) in [5, 5.41) is 11.4. The Hall–Kier alpha value is -7.70. The van der Waals surface area contributed by atoms with Crippen LogP contribution in [0.3, 0.4) is 0 Å². The summed E-state index contributed by atoms with van der Waals surface area (Å²) in [6.45, 7) is 0. The lowest BCUT2D eigenvalue weighted by Crippen LogP contribution is -2.41. The SMILES string of the molecule is B1c2cc3oc4ccccc4c3cc2N(c2ccc3oc4ccccc4c3c2)c2c1c(-c1cccc3c1[nH]c1cc4ccccc4cc13)cc1c2oc2ccccc21. The van der Waals surface area contributed by atoms with E-state index in [1.54, 1.807) is 0 Å². The number of anilines is 3. The van der Waals surface area contributed by atoms with Crippen molar-refractivity contribution in [2.24, 2.45) is 0 Å². The minimum absolute atomic E-state index is 0.688. The average Bonchev–Trinajstić information content (AvgIpc) is 4.03. The van der Waals surface area contributed by atoms with Gasteiger partial charge in [0.25, 0.3) is 0 Å². The molecule has 13 aromatic rings. The van der Waals surface area contributed by atoms with Crippen LogP contribution in [0.5, 0.6) is 0 Å². The lowest BCUT2D eigenvalue weighted by Gasteiger charge is -2.34. The zero-order valence-corrected chi connectivity index (χ0v) is 31.0. The van der Waals surface area contributed by atoms with Crippen LogP contribution in [-0.2, 0) is 0 Å². The summed E-state index contributed by atoms with van der Waals surface area (Å²) in [5.41, 5.74) is 15.4. The first-order valence-electron chi connectivity index (χ1n) is 19.8. The molecule has 1 N–H and O–H groups in total. The molecule has 6 heteroatoms. The van der Waals surface area contributed by atoms with E-state index < -0.39 is 0 Å². The van der Waals surface area contributed by atoms with Gasteiger partial charge in [-0.15, -0.1) is 0 Å². The molecule has 268 valence electrons. The maximum Gasteiger partial charge on any atom is 0.198 e. The summed E-state index contributed by atoms with van der Waals surface area (Å²) in [6, 6.07) is 58.5. The van der Waals surface area contributed by atoms with Gasteiger partial charge in [-0.2, -0.15) is 0 Å². The molecule has 9 aromatic carbocycles. The minimum Gasteiger partial charge on any atom is -0.456 e. The van der Waals surface area contributed by atoms with Crippen LogP contribution in [0.15, 0.2) is 177 Å². The highest BCUT2D eigenvalue weighted by molar-refractivity contribution is 6.74. The van der Waals surface area contributed by atoms with Gasteiger partial charge in [-0.25, -0.2) is 0 Å². The summed E-state index contributed by atoms with van der Waals surface area (Å²) in [4.78, 5) is 6.33. The Labute approximate surface area is 330 Å². The first-order valence-corrected chi connectivity index (χ1v) is 19.8. The number of aromatic nitrogens is 1. The van der Waals surface area contributed by atoms with E-state index in [9.17, 15) is 0 Å².